The van der Waals surface area contributed by atoms with Crippen molar-refractivity contribution >= 4 is 11.8 Å². The van der Waals surface area contributed by atoms with E-state index in [4.69, 9.17) is 10.5 Å². The SMILES string of the molecule is CNC(=O)CN(Cc1cccc(C(F)(F)F)c1)C(=O)C(N)COC. The lowest BCUT2D eigenvalue weighted by Crippen LogP contribution is -2.48. The highest BCUT2D eigenvalue weighted by Gasteiger charge is 2.31. The smallest absolute Gasteiger partial charge is 0.383 e. The summed E-state index contributed by atoms with van der Waals surface area (Å²) in [5.74, 6) is -1.04. The number of hydrogen-bond acceptors (Lipinski definition) is 4. The number of ether oxygens (including phenoxy) is 1. The van der Waals surface area contributed by atoms with Gasteiger partial charge in [-0.3, -0.25) is 9.59 Å². The Hall–Kier alpha value is -2.13. The van der Waals surface area contributed by atoms with Crippen molar-refractivity contribution in [1.29, 1.82) is 0 Å². The summed E-state index contributed by atoms with van der Waals surface area (Å²) in [5.41, 5.74) is 5.09. The molecule has 2 amide bonds. The summed E-state index contributed by atoms with van der Waals surface area (Å²) >= 11 is 0. The minimum atomic E-state index is -4.49. The van der Waals surface area contributed by atoms with E-state index in [2.05, 4.69) is 5.32 Å². The molecular weight excluding hydrogens is 327 g/mol. The van der Waals surface area contributed by atoms with E-state index in [0.29, 0.717) is 0 Å². The van der Waals surface area contributed by atoms with Gasteiger partial charge in [0.1, 0.15) is 6.04 Å². The minimum absolute atomic E-state index is 0.0638. The van der Waals surface area contributed by atoms with Crippen LogP contribution in [0.3, 0.4) is 0 Å². The summed E-state index contributed by atoms with van der Waals surface area (Å²) in [7, 11) is 2.76. The Labute approximate surface area is 137 Å². The second-order valence-electron chi connectivity index (χ2n) is 5.13. The number of carbonyl (C=O) groups excluding carboxylic acids is 2. The predicted molar refractivity (Wildman–Crippen MR) is 80.8 cm³/mol. The lowest BCUT2D eigenvalue weighted by atomic mass is 10.1. The van der Waals surface area contributed by atoms with Crippen LogP contribution in [0.1, 0.15) is 11.1 Å². The number of rotatable bonds is 7. The number of carbonyl (C=O) groups is 2. The molecule has 0 fully saturated rings. The number of benzene rings is 1. The van der Waals surface area contributed by atoms with Crippen LogP contribution < -0.4 is 11.1 Å². The average molecular weight is 347 g/mol. The van der Waals surface area contributed by atoms with E-state index >= 15 is 0 Å². The van der Waals surface area contributed by atoms with Gasteiger partial charge >= 0.3 is 6.18 Å². The molecule has 1 aromatic rings. The van der Waals surface area contributed by atoms with Gasteiger partial charge in [0, 0.05) is 20.7 Å². The number of amides is 2. The van der Waals surface area contributed by atoms with Crippen molar-refractivity contribution in [2.45, 2.75) is 18.8 Å². The summed E-state index contributed by atoms with van der Waals surface area (Å²) in [6, 6.07) is 3.55. The fourth-order valence-corrected chi connectivity index (χ4v) is 2.02. The van der Waals surface area contributed by atoms with Gasteiger partial charge in [0.15, 0.2) is 0 Å². The third kappa shape index (κ3) is 5.82. The van der Waals surface area contributed by atoms with E-state index in [1.165, 1.54) is 26.3 Å². The van der Waals surface area contributed by atoms with Gasteiger partial charge < -0.3 is 20.7 Å². The summed E-state index contributed by atoms with van der Waals surface area (Å²) in [4.78, 5) is 25.0. The molecule has 1 unspecified atom stereocenters. The quantitative estimate of drug-likeness (QED) is 0.762. The van der Waals surface area contributed by atoms with Crippen LogP contribution in [0.4, 0.5) is 13.2 Å². The van der Waals surface area contributed by atoms with Crippen molar-refractivity contribution in [3.8, 4) is 0 Å². The molecule has 0 aromatic heterocycles. The largest absolute Gasteiger partial charge is 0.416 e. The van der Waals surface area contributed by atoms with Crippen molar-refractivity contribution in [3.05, 3.63) is 35.4 Å². The summed E-state index contributed by atoms with van der Waals surface area (Å²) in [5, 5.41) is 2.36. The molecule has 0 saturated heterocycles. The molecule has 1 atom stereocenters. The van der Waals surface area contributed by atoms with Crippen molar-refractivity contribution in [1.82, 2.24) is 10.2 Å². The van der Waals surface area contributed by atoms with Crippen LogP contribution >= 0.6 is 0 Å². The lowest BCUT2D eigenvalue weighted by molar-refractivity contribution is -0.138. The van der Waals surface area contributed by atoms with E-state index in [0.717, 1.165) is 17.0 Å². The first-order valence-electron chi connectivity index (χ1n) is 7.09. The molecule has 134 valence electrons. The molecule has 3 N–H and O–H groups in total. The normalized spacial score (nSPS) is 12.6. The third-order valence-corrected chi connectivity index (χ3v) is 3.22. The first-order chi connectivity index (χ1) is 11.2. The van der Waals surface area contributed by atoms with Crippen LogP contribution in [0.25, 0.3) is 0 Å². The van der Waals surface area contributed by atoms with Crippen LogP contribution in [-0.2, 0) is 27.0 Å². The zero-order chi connectivity index (χ0) is 18.3. The highest BCUT2D eigenvalue weighted by atomic mass is 19.4. The van der Waals surface area contributed by atoms with Crippen LogP contribution in [0.2, 0.25) is 0 Å². The Bertz CT molecular complexity index is 579. The highest BCUT2D eigenvalue weighted by Crippen LogP contribution is 2.29. The first kappa shape index (κ1) is 19.9. The zero-order valence-corrected chi connectivity index (χ0v) is 13.4. The van der Waals surface area contributed by atoms with Crippen LogP contribution in [0.5, 0.6) is 0 Å². The predicted octanol–water partition coefficient (Wildman–Crippen LogP) is 0.754. The number of alkyl halides is 3. The molecule has 6 nitrogen and oxygen atoms in total. The Balaban J connectivity index is 3.00. The van der Waals surface area contributed by atoms with Gasteiger partial charge in [0.2, 0.25) is 11.8 Å². The summed E-state index contributed by atoms with van der Waals surface area (Å²) in [6.45, 7) is -0.553. The topological polar surface area (TPSA) is 84.7 Å². The van der Waals surface area contributed by atoms with Crippen LogP contribution in [0.15, 0.2) is 24.3 Å². The van der Waals surface area contributed by atoms with Crippen molar-refractivity contribution in [2.24, 2.45) is 5.73 Å². The second kappa shape index (κ2) is 8.65. The summed E-state index contributed by atoms with van der Waals surface area (Å²) < 4.78 is 43.1. The first-order valence-corrected chi connectivity index (χ1v) is 7.09. The van der Waals surface area contributed by atoms with E-state index in [1.807, 2.05) is 0 Å². The molecule has 0 aliphatic rings. The number of halogens is 3. The number of methoxy groups -OCH3 is 1. The fraction of sp³-hybridized carbons (Fsp3) is 0.467. The van der Waals surface area contributed by atoms with Gasteiger partial charge in [0.05, 0.1) is 18.7 Å². The molecule has 0 bridgehead atoms. The number of nitrogens with two attached hydrogens (primary N) is 1. The zero-order valence-electron chi connectivity index (χ0n) is 13.4. The maximum atomic E-state index is 12.8. The molecule has 0 radical (unpaired) electrons. The fourth-order valence-electron chi connectivity index (χ4n) is 2.02. The van der Waals surface area contributed by atoms with E-state index in [1.54, 1.807) is 0 Å². The molecule has 1 rings (SSSR count). The summed E-state index contributed by atoms with van der Waals surface area (Å²) in [6.07, 6.45) is -4.49. The maximum Gasteiger partial charge on any atom is 0.416 e. The van der Waals surface area contributed by atoms with Gasteiger partial charge in [-0.25, -0.2) is 0 Å². The maximum absolute atomic E-state index is 12.8. The van der Waals surface area contributed by atoms with Gasteiger partial charge in [-0.15, -0.1) is 0 Å². The lowest BCUT2D eigenvalue weighted by Gasteiger charge is -2.25. The Kier molecular flexibility index (Phi) is 7.18. The van der Waals surface area contributed by atoms with E-state index in [-0.39, 0.29) is 25.3 Å². The van der Waals surface area contributed by atoms with Crippen molar-refractivity contribution < 1.29 is 27.5 Å². The minimum Gasteiger partial charge on any atom is -0.383 e. The highest BCUT2D eigenvalue weighted by molar-refractivity contribution is 5.87. The van der Waals surface area contributed by atoms with Gasteiger partial charge in [0.25, 0.3) is 0 Å². The van der Waals surface area contributed by atoms with Gasteiger partial charge in [-0.1, -0.05) is 12.1 Å². The van der Waals surface area contributed by atoms with E-state index in [9.17, 15) is 22.8 Å². The number of nitrogens with one attached hydrogen (secondary N) is 1. The van der Waals surface area contributed by atoms with Gasteiger partial charge in [-0.2, -0.15) is 13.2 Å². The Morgan fingerprint density at radius 1 is 1.38 bits per heavy atom. The molecule has 24 heavy (non-hydrogen) atoms. The average Bonchev–Trinajstić information content (AvgIpc) is 2.53. The number of likely N-dealkylation sites (N-methyl/N-ethyl adjacent to an activating group) is 1. The van der Waals surface area contributed by atoms with Crippen LogP contribution in [-0.4, -0.2) is 50.1 Å². The molecule has 9 heteroatoms. The van der Waals surface area contributed by atoms with Gasteiger partial charge in [-0.05, 0) is 17.7 Å². The molecule has 0 aliphatic carbocycles. The molecule has 0 heterocycles. The third-order valence-electron chi connectivity index (χ3n) is 3.22. The number of hydrogen-bond donors (Lipinski definition) is 2. The van der Waals surface area contributed by atoms with E-state index < -0.39 is 29.6 Å². The van der Waals surface area contributed by atoms with Crippen molar-refractivity contribution in [2.75, 3.05) is 27.3 Å². The van der Waals surface area contributed by atoms with Crippen LogP contribution in [0, 0.1) is 0 Å². The van der Waals surface area contributed by atoms with Crippen molar-refractivity contribution in [3.63, 3.8) is 0 Å². The molecule has 0 spiro atoms. The Morgan fingerprint density at radius 2 is 2.04 bits per heavy atom. The molecule has 1 aromatic carbocycles. The standard InChI is InChI=1S/C15H20F3N3O3/c1-20-13(22)8-21(14(23)12(19)9-24-2)7-10-4-3-5-11(6-10)15(16,17)18/h3-6,12H,7-9,19H2,1-2H3,(H,20,22). The monoisotopic (exact) mass is 347 g/mol. The second-order valence-corrected chi connectivity index (χ2v) is 5.13. The molecule has 0 aliphatic heterocycles. The number of nitrogens with zero attached hydrogens (tertiary/aromatic N) is 1. The Morgan fingerprint density at radius 3 is 2.58 bits per heavy atom. The molecule has 0 saturated carbocycles. The molecular formula is C15H20F3N3O3.